The fourth-order valence-electron chi connectivity index (χ4n) is 2.47. The smallest absolute Gasteiger partial charge is 0.140 e. The molecule has 1 N–H and O–H groups in total. The second-order valence-corrected chi connectivity index (χ2v) is 4.92. The summed E-state index contributed by atoms with van der Waals surface area (Å²) in [5.41, 5.74) is 3.28. The molecule has 0 radical (unpaired) electrons. The Hall–Kier alpha value is -1.65. The maximum atomic E-state index is 9.43. The highest BCUT2D eigenvalue weighted by atomic mass is 35.5. The lowest BCUT2D eigenvalue weighted by molar-refractivity contribution is 0.281. The molecule has 0 spiro atoms. The number of aromatic nitrogens is 2. The standard InChI is InChI=1S/C14H14ClN3O/c15-13-12(8-19)14(17-9-16-13)18-6-5-10-3-1-2-4-11(10)7-18/h1-4,9,19H,5-8H2. The van der Waals surface area contributed by atoms with E-state index in [1.165, 1.54) is 17.5 Å². The van der Waals surface area contributed by atoms with Crippen molar-refractivity contribution in [2.75, 3.05) is 11.4 Å². The minimum absolute atomic E-state index is 0.146. The molecule has 1 aromatic heterocycles. The molecule has 2 aromatic rings. The Morgan fingerprint density at radius 1 is 1.21 bits per heavy atom. The number of fused-ring (bicyclic) bond motifs is 1. The number of hydrogen-bond acceptors (Lipinski definition) is 4. The molecule has 1 aromatic carbocycles. The molecule has 0 saturated heterocycles. The highest BCUT2D eigenvalue weighted by molar-refractivity contribution is 6.30. The van der Waals surface area contributed by atoms with Crippen molar-refractivity contribution in [1.29, 1.82) is 0 Å². The predicted octanol–water partition coefficient (Wildman–Crippen LogP) is 2.19. The summed E-state index contributed by atoms with van der Waals surface area (Å²) in [6.45, 7) is 1.51. The Kier molecular flexibility index (Phi) is 3.36. The Morgan fingerprint density at radius 3 is 2.79 bits per heavy atom. The molecule has 0 bridgehead atoms. The number of aliphatic hydroxyl groups is 1. The van der Waals surface area contributed by atoms with Crippen molar-refractivity contribution in [3.05, 3.63) is 52.4 Å². The molecule has 5 heteroatoms. The van der Waals surface area contributed by atoms with Crippen LogP contribution in [0.25, 0.3) is 0 Å². The van der Waals surface area contributed by atoms with Crippen LogP contribution in [-0.2, 0) is 19.6 Å². The molecular formula is C14H14ClN3O. The number of rotatable bonds is 2. The van der Waals surface area contributed by atoms with E-state index in [0.29, 0.717) is 10.7 Å². The average Bonchev–Trinajstić information content (AvgIpc) is 2.46. The summed E-state index contributed by atoms with van der Waals surface area (Å²) in [5.74, 6) is 0.733. The van der Waals surface area contributed by atoms with E-state index in [2.05, 4.69) is 33.1 Å². The Bertz CT molecular complexity index is 603. The van der Waals surface area contributed by atoms with Crippen LogP contribution in [0.1, 0.15) is 16.7 Å². The molecule has 19 heavy (non-hydrogen) atoms. The summed E-state index contributed by atoms with van der Waals surface area (Å²) >= 11 is 6.01. The van der Waals surface area contributed by atoms with Gasteiger partial charge in [0, 0.05) is 13.1 Å². The van der Waals surface area contributed by atoms with E-state index in [4.69, 9.17) is 11.6 Å². The molecule has 0 saturated carbocycles. The average molecular weight is 276 g/mol. The van der Waals surface area contributed by atoms with E-state index in [1.807, 2.05) is 6.07 Å². The minimum atomic E-state index is -0.146. The third kappa shape index (κ3) is 2.29. The van der Waals surface area contributed by atoms with Crippen LogP contribution in [0.4, 0.5) is 5.82 Å². The monoisotopic (exact) mass is 275 g/mol. The van der Waals surface area contributed by atoms with E-state index < -0.39 is 0 Å². The van der Waals surface area contributed by atoms with Gasteiger partial charge in [0.05, 0.1) is 12.2 Å². The molecular weight excluding hydrogens is 262 g/mol. The summed E-state index contributed by atoms with van der Waals surface area (Å²) in [4.78, 5) is 10.3. The number of aliphatic hydroxyl groups excluding tert-OH is 1. The van der Waals surface area contributed by atoms with Crippen LogP contribution < -0.4 is 4.90 Å². The van der Waals surface area contributed by atoms with Gasteiger partial charge in [0.1, 0.15) is 17.3 Å². The van der Waals surface area contributed by atoms with Crippen molar-refractivity contribution in [2.45, 2.75) is 19.6 Å². The zero-order valence-corrected chi connectivity index (χ0v) is 11.1. The maximum Gasteiger partial charge on any atom is 0.140 e. The third-order valence-corrected chi connectivity index (χ3v) is 3.78. The summed E-state index contributed by atoms with van der Waals surface area (Å²) in [6, 6.07) is 8.40. The highest BCUT2D eigenvalue weighted by Gasteiger charge is 2.20. The van der Waals surface area contributed by atoms with Gasteiger partial charge in [-0.05, 0) is 17.5 Å². The lowest BCUT2D eigenvalue weighted by atomic mass is 10.00. The number of anilines is 1. The van der Waals surface area contributed by atoms with Crippen molar-refractivity contribution in [3.8, 4) is 0 Å². The van der Waals surface area contributed by atoms with Crippen LogP contribution in [0.5, 0.6) is 0 Å². The van der Waals surface area contributed by atoms with E-state index >= 15 is 0 Å². The topological polar surface area (TPSA) is 49.3 Å². The molecule has 0 unspecified atom stereocenters. The Morgan fingerprint density at radius 2 is 2.00 bits per heavy atom. The summed E-state index contributed by atoms with van der Waals surface area (Å²) in [5, 5.41) is 9.76. The van der Waals surface area contributed by atoms with Gasteiger partial charge >= 0.3 is 0 Å². The molecule has 4 nitrogen and oxygen atoms in total. The molecule has 3 rings (SSSR count). The van der Waals surface area contributed by atoms with Crippen molar-refractivity contribution < 1.29 is 5.11 Å². The van der Waals surface area contributed by atoms with Crippen LogP contribution in [0.3, 0.4) is 0 Å². The van der Waals surface area contributed by atoms with E-state index in [9.17, 15) is 5.11 Å². The first-order chi connectivity index (χ1) is 9.29. The van der Waals surface area contributed by atoms with E-state index in [-0.39, 0.29) is 6.61 Å². The molecule has 0 aliphatic carbocycles. The predicted molar refractivity (Wildman–Crippen MR) is 74.2 cm³/mol. The molecule has 2 heterocycles. The fourth-order valence-corrected chi connectivity index (χ4v) is 2.66. The summed E-state index contributed by atoms with van der Waals surface area (Å²) in [7, 11) is 0. The molecule has 0 atom stereocenters. The zero-order chi connectivity index (χ0) is 13.2. The van der Waals surface area contributed by atoms with Crippen LogP contribution in [0.2, 0.25) is 5.15 Å². The Labute approximate surface area is 116 Å². The van der Waals surface area contributed by atoms with Gasteiger partial charge in [-0.3, -0.25) is 0 Å². The fraction of sp³-hybridized carbons (Fsp3) is 0.286. The first-order valence-corrected chi connectivity index (χ1v) is 6.59. The molecule has 98 valence electrons. The van der Waals surface area contributed by atoms with E-state index in [0.717, 1.165) is 25.3 Å². The van der Waals surface area contributed by atoms with Crippen LogP contribution in [0, 0.1) is 0 Å². The van der Waals surface area contributed by atoms with Crippen molar-refractivity contribution in [2.24, 2.45) is 0 Å². The van der Waals surface area contributed by atoms with Gasteiger partial charge in [0.25, 0.3) is 0 Å². The first-order valence-electron chi connectivity index (χ1n) is 6.21. The second kappa shape index (κ2) is 5.15. The van der Waals surface area contributed by atoms with Gasteiger partial charge in [-0.25, -0.2) is 9.97 Å². The van der Waals surface area contributed by atoms with Crippen LogP contribution >= 0.6 is 11.6 Å². The quantitative estimate of drug-likeness (QED) is 0.854. The lowest BCUT2D eigenvalue weighted by Gasteiger charge is -2.30. The van der Waals surface area contributed by atoms with Gasteiger partial charge < -0.3 is 10.0 Å². The molecule has 0 fully saturated rings. The number of hydrogen-bond donors (Lipinski definition) is 1. The van der Waals surface area contributed by atoms with Crippen molar-refractivity contribution in [1.82, 2.24) is 9.97 Å². The van der Waals surface area contributed by atoms with Crippen molar-refractivity contribution in [3.63, 3.8) is 0 Å². The first kappa shape index (κ1) is 12.4. The zero-order valence-electron chi connectivity index (χ0n) is 10.4. The largest absolute Gasteiger partial charge is 0.391 e. The normalized spacial score (nSPS) is 14.3. The second-order valence-electron chi connectivity index (χ2n) is 4.57. The van der Waals surface area contributed by atoms with Gasteiger partial charge in [0.15, 0.2) is 0 Å². The van der Waals surface area contributed by atoms with Crippen LogP contribution in [-0.4, -0.2) is 21.6 Å². The van der Waals surface area contributed by atoms with Crippen molar-refractivity contribution >= 4 is 17.4 Å². The number of benzene rings is 1. The molecule has 0 amide bonds. The third-order valence-electron chi connectivity index (χ3n) is 3.46. The van der Waals surface area contributed by atoms with Gasteiger partial charge in [-0.1, -0.05) is 35.9 Å². The lowest BCUT2D eigenvalue weighted by Crippen LogP contribution is -2.32. The van der Waals surface area contributed by atoms with Gasteiger partial charge in [0.2, 0.25) is 0 Å². The SMILES string of the molecule is OCc1c(Cl)ncnc1N1CCc2ccccc2C1. The maximum absolute atomic E-state index is 9.43. The van der Waals surface area contributed by atoms with E-state index in [1.54, 1.807) is 0 Å². The molecule has 1 aliphatic rings. The number of nitrogens with zero attached hydrogens (tertiary/aromatic N) is 3. The summed E-state index contributed by atoms with van der Waals surface area (Å²) < 4.78 is 0. The van der Waals surface area contributed by atoms with Crippen LogP contribution in [0.15, 0.2) is 30.6 Å². The molecule has 1 aliphatic heterocycles. The number of halogens is 1. The Balaban J connectivity index is 1.95. The minimum Gasteiger partial charge on any atom is -0.391 e. The highest BCUT2D eigenvalue weighted by Crippen LogP contribution is 2.28. The van der Waals surface area contributed by atoms with Gasteiger partial charge in [-0.2, -0.15) is 0 Å². The van der Waals surface area contributed by atoms with Gasteiger partial charge in [-0.15, -0.1) is 0 Å². The summed E-state index contributed by atoms with van der Waals surface area (Å²) in [6.07, 6.45) is 2.42.